The lowest BCUT2D eigenvalue weighted by Crippen LogP contribution is -2.12. The Kier molecular flexibility index (Phi) is 3.37. The van der Waals surface area contributed by atoms with Crippen LogP contribution in [-0.4, -0.2) is 17.3 Å². The molecule has 96 valence electrons. The molecule has 2 aromatic rings. The van der Waals surface area contributed by atoms with Crippen molar-refractivity contribution in [2.45, 2.75) is 45.3 Å². The van der Waals surface area contributed by atoms with Gasteiger partial charge in [-0.15, -0.1) is 0 Å². The largest absolute Gasteiger partial charge is 0.376 e. The monoisotopic (exact) mass is 243 g/mol. The Morgan fingerprint density at radius 2 is 2.06 bits per heavy atom. The summed E-state index contributed by atoms with van der Waals surface area (Å²) >= 11 is 0. The fraction of sp³-hybridized carbons (Fsp3) is 0.500. The summed E-state index contributed by atoms with van der Waals surface area (Å²) in [6.45, 7) is 3.94. The molecule has 1 aromatic carbocycles. The lowest BCUT2D eigenvalue weighted by Gasteiger charge is -2.12. The van der Waals surface area contributed by atoms with Crippen LogP contribution in [0.2, 0.25) is 0 Å². The SMILES string of the molecule is Cc1ccc2c(ccn2CCOC2CCCC2)c1. The molecule has 1 aliphatic rings. The molecule has 0 atom stereocenters. The number of rotatable bonds is 4. The molecule has 1 fully saturated rings. The Morgan fingerprint density at radius 1 is 1.22 bits per heavy atom. The van der Waals surface area contributed by atoms with Crippen molar-refractivity contribution in [2.75, 3.05) is 6.61 Å². The third-order valence-corrected chi connectivity index (χ3v) is 3.91. The first kappa shape index (κ1) is 11.8. The van der Waals surface area contributed by atoms with Gasteiger partial charge in [-0.3, -0.25) is 0 Å². The van der Waals surface area contributed by atoms with Gasteiger partial charge in [0, 0.05) is 18.3 Å². The van der Waals surface area contributed by atoms with Crippen molar-refractivity contribution in [1.29, 1.82) is 0 Å². The molecular formula is C16H21NO. The minimum Gasteiger partial charge on any atom is -0.376 e. The van der Waals surface area contributed by atoms with E-state index in [0.717, 1.165) is 13.2 Å². The Morgan fingerprint density at radius 3 is 2.89 bits per heavy atom. The number of ether oxygens (including phenoxy) is 1. The molecule has 0 spiro atoms. The number of hydrogen-bond acceptors (Lipinski definition) is 1. The van der Waals surface area contributed by atoms with Crippen LogP contribution in [0.1, 0.15) is 31.2 Å². The summed E-state index contributed by atoms with van der Waals surface area (Å²) in [7, 11) is 0. The maximum Gasteiger partial charge on any atom is 0.0649 e. The zero-order valence-corrected chi connectivity index (χ0v) is 11.1. The average molecular weight is 243 g/mol. The summed E-state index contributed by atoms with van der Waals surface area (Å²) < 4.78 is 8.22. The second-order valence-corrected chi connectivity index (χ2v) is 5.35. The smallest absolute Gasteiger partial charge is 0.0649 e. The van der Waals surface area contributed by atoms with Crippen molar-refractivity contribution >= 4 is 10.9 Å². The highest BCUT2D eigenvalue weighted by Crippen LogP contribution is 2.21. The van der Waals surface area contributed by atoms with E-state index in [0.29, 0.717) is 6.10 Å². The van der Waals surface area contributed by atoms with E-state index >= 15 is 0 Å². The molecule has 1 aromatic heterocycles. The van der Waals surface area contributed by atoms with Gasteiger partial charge in [-0.05, 0) is 43.4 Å². The van der Waals surface area contributed by atoms with Gasteiger partial charge in [0.25, 0.3) is 0 Å². The molecule has 0 aliphatic heterocycles. The van der Waals surface area contributed by atoms with E-state index in [4.69, 9.17) is 4.74 Å². The van der Waals surface area contributed by atoms with Gasteiger partial charge in [0.15, 0.2) is 0 Å². The van der Waals surface area contributed by atoms with Crippen molar-refractivity contribution in [3.05, 3.63) is 36.0 Å². The summed E-state index contributed by atoms with van der Waals surface area (Å²) in [4.78, 5) is 0. The molecule has 1 aliphatic carbocycles. The third kappa shape index (κ3) is 2.44. The highest BCUT2D eigenvalue weighted by molar-refractivity contribution is 5.80. The summed E-state index contributed by atoms with van der Waals surface area (Å²) in [5.74, 6) is 0. The standard InChI is InChI=1S/C16H21NO/c1-13-6-7-16-14(12-13)8-9-17(16)10-11-18-15-4-2-3-5-15/h6-9,12,15H,2-5,10-11H2,1H3. The van der Waals surface area contributed by atoms with Gasteiger partial charge >= 0.3 is 0 Å². The lowest BCUT2D eigenvalue weighted by molar-refractivity contribution is 0.0535. The first-order valence-electron chi connectivity index (χ1n) is 7.00. The molecule has 1 heterocycles. The predicted molar refractivity (Wildman–Crippen MR) is 74.9 cm³/mol. The van der Waals surface area contributed by atoms with E-state index in [1.54, 1.807) is 0 Å². The van der Waals surface area contributed by atoms with Gasteiger partial charge in [-0.25, -0.2) is 0 Å². The van der Waals surface area contributed by atoms with Gasteiger partial charge in [-0.1, -0.05) is 24.5 Å². The van der Waals surface area contributed by atoms with E-state index in [1.807, 2.05) is 0 Å². The molecule has 2 heteroatoms. The molecule has 0 bridgehead atoms. The Labute approximate surface area is 109 Å². The summed E-state index contributed by atoms with van der Waals surface area (Å²) in [6.07, 6.45) is 7.89. The Bertz CT molecular complexity index is 523. The van der Waals surface area contributed by atoms with Gasteiger partial charge in [0.1, 0.15) is 0 Å². The van der Waals surface area contributed by atoms with Gasteiger partial charge < -0.3 is 9.30 Å². The number of aromatic nitrogens is 1. The fourth-order valence-corrected chi connectivity index (χ4v) is 2.89. The molecule has 0 amide bonds. The van der Waals surface area contributed by atoms with E-state index < -0.39 is 0 Å². The van der Waals surface area contributed by atoms with Gasteiger partial charge in [0.2, 0.25) is 0 Å². The van der Waals surface area contributed by atoms with Crippen LogP contribution < -0.4 is 0 Å². The normalized spacial score (nSPS) is 16.7. The first-order chi connectivity index (χ1) is 8.83. The molecule has 3 rings (SSSR count). The van der Waals surface area contributed by atoms with Crippen LogP contribution in [0.4, 0.5) is 0 Å². The zero-order valence-electron chi connectivity index (χ0n) is 11.1. The van der Waals surface area contributed by atoms with E-state index in [1.165, 1.54) is 42.1 Å². The topological polar surface area (TPSA) is 14.2 Å². The van der Waals surface area contributed by atoms with Crippen molar-refractivity contribution in [2.24, 2.45) is 0 Å². The van der Waals surface area contributed by atoms with Crippen LogP contribution in [0.25, 0.3) is 10.9 Å². The maximum atomic E-state index is 5.93. The van der Waals surface area contributed by atoms with Crippen LogP contribution in [0.3, 0.4) is 0 Å². The third-order valence-electron chi connectivity index (χ3n) is 3.91. The minimum absolute atomic E-state index is 0.522. The summed E-state index contributed by atoms with van der Waals surface area (Å²) in [6, 6.07) is 8.82. The number of hydrogen-bond donors (Lipinski definition) is 0. The van der Waals surface area contributed by atoms with Crippen molar-refractivity contribution in [1.82, 2.24) is 4.57 Å². The molecule has 18 heavy (non-hydrogen) atoms. The van der Waals surface area contributed by atoms with E-state index in [2.05, 4.69) is 42.0 Å². The molecule has 2 nitrogen and oxygen atoms in total. The minimum atomic E-state index is 0.522. The molecular weight excluding hydrogens is 222 g/mol. The summed E-state index contributed by atoms with van der Waals surface area (Å²) in [5.41, 5.74) is 2.64. The highest BCUT2D eigenvalue weighted by atomic mass is 16.5. The molecule has 1 saturated carbocycles. The van der Waals surface area contributed by atoms with Crippen LogP contribution in [0.5, 0.6) is 0 Å². The molecule has 0 N–H and O–H groups in total. The predicted octanol–water partition coefficient (Wildman–Crippen LogP) is 3.91. The van der Waals surface area contributed by atoms with Crippen LogP contribution >= 0.6 is 0 Å². The summed E-state index contributed by atoms with van der Waals surface area (Å²) in [5, 5.41) is 1.33. The fourth-order valence-electron chi connectivity index (χ4n) is 2.89. The van der Waals surface area contributed by atoms with E-state index in [9.17, 15) is 0 Å². The average Bonchev–Trinajstić information content (AvgIpc) is 2.99. The van der Waals surface area contributed by atoms with Gasteiger partial charge in [0.05, 0.1) is 12.7 Å². The number of benzene rings is 1. The maximum absolute atomic E-state index is 5.93. The number of nitrogens with zero attached hydrogens (tertiary/aromatic N) is 1. The lowest BCUT2D eigenvalue weighted by atomic mass is 10.2. The molecule has 0 unspecified atom stereocenters. The first-order valence-corrected chi connectivity index (χ1v) is 7.00. The highest BCUT2D eigenvalue weighted by Gasteiger charge is 2.14. The van der Waals surface area contributed by atoms with Crippen molar-refractivity contribution in [3.63, 3.8) is 0 Å². The number of aryl methyl sites for hydroxylation is 1. The quantitative estimate of drug-likeness (QED) is 0.794. The van der Waals surface area contributed by atoms with Crippen molar-refractivity contribution < 1.29 is 4.74 Å². The molecule has 0 radical (unpaired) electrons. The van der Waals surface area contributed by atoms with Crippen LogP contribution in [-0.2, 0) is 11.3 Å². The van der Waals surface area contributed by atoms with E-state index in [-0.39, 0.29) is 0 Å². The Balaban J connectivity index is 1.63. The second kappa shape index (κ2) is 5.15. The van der Waals surface area contributed by atoms with Crippen LogP contribution in [0, 0.1) is 6.92 Å². The zero-order chi connectivity index (χ0) is 12.4. The molecule has 0 saturated heterocycles. The second-order valence-electron chi connectivity index (χ2n) is 5.35. The number of fused-ring (bicyclic) bond motifs is 1. The van der Waals surface area contributed by atoms with Gasteiger partial charge in [-0.2, -0.15) is 0 Å². The Hall–Kier alpha value is -1.28. The van der Waals surface area contributed by atoms with Crippen molar-refractivity contribution in [3.8, 4) is 0 Å². The van der Waals surface area contributed by atoms with Crippen LogP contribution in [0.15, 0.2) is 30.5 Å².